The Labute approximate surface area is 323 Å². The second kappa shape index (κ2) is 42.3. The third-order valence-electron chi connectivity index (χ3n) is 10.6. The van der Waals surface area contributed by atoms with E-state index in [4.69, 9.17) is 4.74 Å². The number of unbranched alkanes of at least 4 members (excludes halogenated alkanes) is 29. The molecule has 0 aromatic heterocycles. The summed E-state index contributed by atoms with van der Waals surface area (Å²) in [5, 5.41) is 23.1. The first-order valence-corrected chi connectivity index (χ1v) is 22.9. The van der Waals surface area contributed by atoms with Crippen molar-refractivity contribution in [3.8, 4) is 0 Å². The molecule has 3 N–H and O–H groups in total. The molecule has 1 amide bonds. The maximum Gasteiger partial charge on any atom is 0.305 e. The van der Waals surface area contributed by atoms with E-state index >= 15 is 0 Å². The van der Waals surface area contributed by atoms with Gasteiger partial charge in [-0.15, -0.1) is 0 Å². The molecule has 0 aromatic carbocycles. The summed E-state index contributed by atoms with van der Waals surface area (Å²) in [6.45, 7) is 4.85. The molecule has 2 atom stereocenters. The number of nitrogens with one attached hydrogen (secondary N) is 1. The molecule has 6 heteroatoms. The van der Waals surface area contributed by atoms with E-state index in [2.05, 4.69) is 31.3 Å². The lowest BCUT2D eigenvalue weighted by Crippen LogP contribution is -2.45. The van der Waals surface area contributed by atoms with E-state index in [-0.39, 0.29) is 18.5 Å². The molecule has 0 heterocycles. The molecule has 6 nitrogen and oxygen atoms in total. The second-order valence-corrected chi connectivity index (χ2v) is 15.7. The SMILES string of the molecule is CCCC/C=C\CCCCCCCC(=O)OCCCCCCCCCCCCC(=O)NC(CO)C(O)CCCCCCCCCCCCCCCC. The number of aliphatic hydroxyl groups is 2. The van der Waals surface area contributed by atoms with Gasteiger partial charge in [0.15, 0.2) is 0 Å². The number of carbonyl (C=O) groups is 2. The van der Waals surface area contributed by atoms with Gasteiger partial charge in [-0.3, -0.25) is 9.59 Å². The van der Waals surface area contributed by atoms with Crippen molar-refractivity contribution in [2.24, 2.45) is 0 Å². The first kappa shape index (κ1) is 50.6. The van der Waals surface area contributed by atoms with E-state index in [1.165, 1.54) is 154 Å². The number of esters is 1. The Morgan fingerprint density at radius 1 is 0.519 bits per heavy atom. The number of aliphatic hydroxyl groups excluding tert-OH is 2. The van der Waals surface area contributed by atoms with E-state index in [9.17, 15) is 19.8 Å². The number of ether oxygens (including phenoxy) is 1. The smallest absolute Gasteiger partial charge is 0.305 e. The molecular weight excluding hydrogens is 647 g/mol. The number of amides is 1. The minimum Gasteiger partial charge on any atom is -0.466 e. The van der Waals surface area contributed by atoms with Crippen LogP contribution in [0.1, 0.15) is 245 Å². The highest BCUT2D eigenvalue weighted by Gasteiger charge is 2.20. The van der Waals surface area contributed by atoms with E-state index in [0.29, 0.717) is 25.9 Å². The molecule has 0 saturated heterocycles. The molecule has 0 aliphatic carbocycles. The average Bonchev–Trinajstić information content (AvgIpc) is 3.14. The van der Waals surface area contributed by atoms with Gasteiger partial charge in [-0.05, 0) is 44.9 Å². The van der Waals surface area contributed by atoms with Crippen molar-refractivity contribution in [3.63, 3.8) is 0 Å². The summed E-state index contributed by atoms with van der Waals surface area (Å²) >= 11 is 0. The predicted molar refractivity (Wildman–Crippen MR) is 223 cm³/mol. The van der Waals surface area contributed by atoms with Crippen LogP contribution in [0.25, 0.3) is 0 Å². The van der Waals surface area contributed by atoms with E-state index < -0.39 is 12.1 Å². The number of carbonyl (C=O) groups excluding carboxylic acids is 2. The third kappa shape index (κ3) is 38.3. The monoisotopic (exact) mass is 736 g/mol. The number of rotatable bonds is 42. The maximum absolute atomic E-state index is 12.4. The van der Waals surface area contributed by atoms with Crippen LogP contribution in [0.5, 0.6) is 0 Å². The average molecular weight is 736 g/mol. The van der Waals surface area contributed by atoms with E-state index in [1.54, 1.807) is 0 Å². The highest BCUT2D eigenvalue weighted by molar-refractivity contribution is 5.76. The van der Waals surface area contributed by atoms with Crippen LogP contribution in [0.15, 0.2) is 12.2 Å². The molecule has 308 valence electrons. The zero-order valence-corrected chi connectivity index (χ0v) is 34.8. The second-order valence-electron chi connectivity index (χ2n) is 15.7. The topological polar surface area (TPSA) is 95.9 Å². The van der Waals surface area contributed by atoms with Gasteiger partial charge in [0, 0.05) is 12.8 Å². The highest BCUT2D eigenvalue weighted by Crippen LogP contribution is 2.16. The Kier molecular flexibility index (Phi) is 41.2. The van der Waals surface area contributed by atoms with Crippen LogP contribution in [-0.2, 0) is 14.3 Å². The first-order valence-electron chi connectivity index (χ1n) is 22.9. The van der Waals surface area contributed by atoms with Gasteiger partial charge < -0.3 is 20.3 Å². The van der Waals surface area contributed by atoms with Crippen LogP contribution in [0.4, 0.5) is 0 Å². The molecule has 0 aromatic rings. The van der Waals surface area contributed by atoms with Gasteiger partial charge in [-0.1, -0.05) is 199 Å². The lowest BCUT2D eigenvalue weighted by atomic mass is 10.0. The quantitative estimate of drug-likeness (QED) is 0.0329. The molecule has 0 aliphatic rings. The fourth-order valence-electron chi connectivity index (χ4n) is 6.97. The van der Waals surface area contributed by atoms with Gasteiger partial charge in [0.2, 0.25) is 5.91 Å². The summed E-state index contributed by atoms with van der Waals surface area (Å²) in [5.74, 6) is -0.0885. The van der Waals surface area contributed by atoms with Crippen LogP contribution in [0, 0.1) is 0 Å². The zero-order valence-electron chi connectivity index (χ0n) is 34.8. The van der Waals surface area contributed by atoms with Gasteiger partial charge in [0.05, 0.1) is 25.4 Å². The normalized spacial score (nSPS) is 12.8. The van der Waals surface area contributed by atoms with Gasteiger partial charge in [-0.2, -0.15) is 0 Å². The van der Waals surface area contributed by atoms with Crippen molar-refractivity contribution in [1.29, 1.82) is 0 Å². The molecule has 0 rings (SSSR count). The lowest BCUT2D eigenvalue weighted by Gasteiger charge is -2.22. The van der Waals surface area contributed by atoms with Crippen molar-refractivity contribution < 1.29 is 24.5 Å². The van der Waals surface area contributed by atoms with Gasteiger partial charge in [-0.25, -0.2) is 0 Å². The molecule has 52 heavy (non-hydrogen) atoms. The van der Waals surface area contributed by atoms with Crippen molar-refractivity contribution in [2.75, 3.05) is 13.2 Å². The van der Waals surface area contributed by atoms with Crippen molar-refractivity contribution in [2.45, 2.75) is 257 Å². The summed E-state index contributed by atoms with van der Waals surface area (Å²) in [6, 6.07) is -0.556. The van der Waals surface area contributed by atoms with E-state index in [1.807, 2.05) is 0 Å². The molecule has 0 bridgehead atoms. The first-order chi connectivity index (χ1) is 25.5. The Balaban J connectivity index is 3.50. The molecule has 2 unspecified atom stereocenters. The van der Waals surface area contributed by atoms with Crippen molar-refractivity contribution >= 4 is 11.9 Å². The fraction of sp³-hybridized carbons (Fsp3) is 0.913. The largest absolute Gasteiger partial charge is 0.466 e. The Morgan fingerprint density at radius 3 is 1.42 bits per heavy atom. The zero-order chi connectivity index (χ0) is 38.0. The van der Waals surface area contributed by atoms with Gasteiger partial charge in [0.25, 0.3) is 0 Å². The predicted octanol–water partition coefficient (Wildman–Crippen LogP) is 13.0. The van der Waals surface area contributed by atoms with Crippen LogP contribution in [0.2, 0.25) is 0 Å². The third-order valence-corrected chi connectivity index (χ3v) is 10.6. The Bertz CT molecular complexity index is 772. The summed E-state index contributed by atoms with van der Waals surface area (Å²) in [6.07, 6.45) is 45.9. The van der Waals surface area contributed by atoms with Gasteiger partial charge >= 0.3 is 5.97 Å². The number of hydrogen-bond acceptors (Lipinski definition) is 5. The molecule has 0 saturated carbocycles. The molecule has 0 spiro atoms. The fourth-order valence-corrected chi connectivity index (χ4v) is 6.97. The maximum atomic E-state index is 12.4. The Hall–Kier alpha value is -1.40. The standard InChI is InChI=1S/C46H89NO5/c1-3-5-7-9-11-13-15-16-17-19-22-26-30-34-38-44(49)43(42-48)47-45(50)39-35-31-27-23-20-21-25-29-33-37-41-52-46(51)40-36-32-28-24-18-14-12-10-8-6-4-2/h10,12,43-44,48-49H,3-9,11,13-42H2,1-2H3,(H,47,50)/b12-10-. The van der Waals surface area contributed by atoms with Crippen molar-refractivity contribution in [3.05, 3.63) is 12.2 Å². The molecular formula is C46H89NO5. The van der Waals surface area contributed by atoms with Crippen LogP contribution in [0.3, 0.4) is 0 Å². The Morgan fingerprint density at radius 2 is 0.923 bits per heavy atom. The van der Waals surface area contributed by atoms with Crippen LogP contribution < -0.4 is 5.32 Å². The number of allylic oxidation sites excluding steroid dienone is 2. The molecule has 0 aliphatic heterocycles. The summed E-state index contributed by atoms with van der Waals surface area (Å²) in [7, 11) is 0. The van der Waals surface area contributed by atoms with Crippen LogP contribution in [-0.4, -0.2) is 47.4 Å². The summed E-state index contributed by atoms with van der Waals surface area (Å²) in [5.41, 5.74) is 0. The minimum atomic E-state index is -0.677. The minimum absolute atomic E-state index is 0.0300. The molecule has 0 radical (unpaired) electrons. The number of hydrogen-bond donors (Lipinski definition) is 3. The summed E-state index contributed by atoms with van der Waals surface area (Å²) < 4.78 is 5.42. The van der Waals surface area contributed by atoms with Gasteiger partial charge in [0.1, 0.15) is 0 Å². The highest BCUT2D eigenvalue weighted by atomic mass is 16.5. The van der Waals surface area contributed by atoms with Crippen LogP contribution >= 0.6 is 0 Å². The molecule has 0 fully saturated rings. The van der Waals surface area contributed by atoms with Crippen molar-refractivity contribution in [1.82, 2.24) is 5.32 Å². The lowest BCUT2D eigenvalue weighted by molar-refractivity contribution is -0.143. The van der Waals surface area contributed by atoms with E-state index in [0.717, 1.165) is 57.8 Å². The summed E-state index contributed by atoms with van der Waals surface area (Å²) in [4.78, 5) is 24.4.